The molecule has 2 amide bonds. The number of rotatable bonds is 8. The Kier molecular flexibility index (Phi) is 8.22. The van der Waals surface area contributed by atoms with Crippen molar-refractivity contribution in [1.29, 1.82) is 0 Å². The summed E-state index contributed by atoms with van der Waals surface area (Å²) in [6.07, 6.45) is 0. The van der Waals surface area contributed by atoms with Gasteiger partial charge in [-0.05, 0) is 44.0 Å². The predicted molar refractivity (Wildman–Crippen MR) is 99.4 cm³/mol. The summed E-state index contributed by atoms with van der Waals surface area (Å²) < 4.78 is 0. The van der Waals surface area contributed by atoms with E-state index in [0.29, 0.717) is 23.2 Å². The Hall–Kier alpha value is -1.59. The fourth-order valence-corrected chi connectivity index (χ4v) is 2.24. The molecule has 0 aliphatic heterocycles. The van der Waals surface area contributed by atoms with Crippen molar-refractivity contribution in [2.75, 3.05) is 25.0 Å². The van der Waals surface area contributed by atoms with E-state index in [-0.39, 0.29) is 30.9 Å². The maximum absolute atomic E-state index is 12.2. The van der Waals surface area contributed by atoms with Crippen LogP contribution in [-0.4, -0.2) is 42.4 Å². The van der Waals surface area contributed by atoms with Gasteiger partial charge in [0.25, 0.3) is 0 Å². The minimum Gasteiger partial charge on any atom is -0.352 e. The van der Waals surface area contributed by atoms with Gasteiger partial charge < -0.3 is 10.6 Å². The molecule has 5 nitrogen and oxygen atoms in total. The number of halogens is 1. The Balaban J connectivity index is 2.56. The van der Waals surface area contributed by atoms with Gasteiger partial charge in [-0.3, -0.25) is 14.5 Å². The average molecular weight is 354 g/mol. The van der Waals surface area contributed by atoms with Crippen LogP contribution in [0.3, 0.4) is 0 Å². The van der Waals surface area contributed by atoms with Gasteiger partial charge in [-0.1, -0.05) is 38.4 Å². The normalized spacial score (nSPS) is 12.3. The van der Waals surface area contributed by atoms with Gasteiger partial charge in [-0.15, -0.1) is 0 Å². The average Bonchev–Trinajstić information content (AvgIpc) is 2.49. The zero-order valence-electron chi connectivity index (χ0n) is 15.1. The standard InChI is InChI=1S/C18H28ClN3O2/c1-6-22(10-17(23)20-14(5)12(2)3)11-18(24)21-16-9-15(19)8-7-13(16)4/h7-9,12,14H,6,10-11H2,1-5H3,(H,20,23)(H,21,24)/t14-/m0/s1. The first-order chi connectivity index (χ1) is 11.2. The van der Waals surface area contributed by atoms with E-state index in [9.17, 15) is 9.59 Å². The Morgan fingerprint density at radius 1 is 1.17 bits per heavy atom. The van der Waals surface area contributed by atoms with Gasteiger partial charge in [-0.25, -0.2) is 0 Å². The third-order valence-corrected chi connectivity index (χ3v) is 4.28. The molecular weight excluding hydrogens is 326 g/mol. The second-order valence-electron chi connectivity index (χ2n) is 6.41. The fourth-order valence-electron chi connectivity index (χ4n) is 2.07. The number of nitrogens with zero attached hydrogens (tertiary/aromatic N) is 1. The molecule has 1 aromatic rings. The van der Waals surface area contributed by atoms with Crippen LogP contribution in [-0.2, 0) is 9.59 Å². The minimum absolute atomic E-state index is 0.0650. The number of carbonyl (C=O) groups excluding carboxylic acids is 2. The minimum atomic E-state index is -0.160. The zero-order chi connectivity index (χ0) is 18.3. The number of likely N-dealkylation sites (N-methyl/N-ethyl adjacent to an activating group) is 1. The highest BCUT2D eigenvalue weighted by Crippen LogP contribution is 2.20. The highest BCUT2D eigenvalue weighted by atomic mass is 35.5. The second kappa shape index (κ2) is 9.64. The van der Waals surface area contributed by atoms with E-state index < -0.39 is 0 Å². The summed E-state index contributed by atoms with van der Waals surface area (Å²) in [5.41, 5.74) is 1.64. The predicted octanol–water partition coefficient (Wildman–Crippen LogP) is 3.07. The van der Waals surface area contributed by atoms with E-state index in [1.165, 1.54) is 0 Å². The van der Waals surface area contributed by atoms with Gasteiger partial charge >= 0.3 is 0 Å². The van der Waals surface area contributed by atoms with Crippen molar-refractivity contribution in [1.82, 2.24) is 10.2 Å². The van der Waals surface area contributed by atoms with Gasteiger partial charge in [0.2, 0.25) is 11.8 Å². The zero-order valence-corrected chi connectivity index (χ0v) is 15.9. The van der Waals surface area contributed by atoms with Crippen LogP contribution in [0.4, 0.5) is 5.69 Å². The second-order valence-corrected chi connectivity index (χ2v) is 6.85. The van der Waals surface area contributed by atoms with Crippen molar-refractivity contribution in [3.8, 4) is 0 Å². The summed E-state index contributed by atoms with van der Waals surface area (Å²) in [7, 11) is 0. The van der Waals surface area contributed by atoms with Crippen molar-refractivity contribution in [3.63, 3.8) is 0 Å². The number of nitrogens with one attached hydrogen (secondary N) is 2. The van der Waals surface area contributed by atoms with E-state index in [1.54, 1.807) is 17.0 Å². The third kappa shape index (κ3) is 6.89. The number of benzene rings is 1. The van der Waals surface area contributed by atoms with Crippen LogP contribution in [0.1, 0.15) is 33.3 Å². The first-order valence-corrected chi connectivity index (χ1v) is 8.68. The molecular formula is C18H28ClN3O2. The molecule has 0 spiro atoms. The summed E-state index contributed by atoms with van der Waals surface area (Å²) in [6, 6.07) is 5.47. The molecule has 1 atom stereocenters. The first kappa shape index (κ1) is 20.5. The molecule has 0 saturated carbocycles. The molecule has 24 heavy (non-hydrogen) atoms. The Labute approximate surface area is 149 Å². The van der Waals surface area contributed by atoms with Crippen LogP contribution < -0.4 is 10.6 Å². The molecule has 0 fully saturated rings. The van der Waals surface area contributed by atoms with E-state index in [4.69, 9.17) is 11.6 Å². The molecule has 6 heteroatoms. The lowest BCUT2D eigenvalue weighted by atomic mass is 10.1. The summed E-state index contributed by atoms with van der Waals surface area (Å²) in [5.74, 6) is 0.148. The van der Waals surface area contributed by atoms with Crippen LogP contribution in [0.5, 0.6) is 0 Å². The van der Waals surface area contributed by atoms with Crippen molar-refractivity contribution < 1.29 is 9.59 Å². The van der Waals surface area contributed by atoms with Crippen molar-refractivity contribution >= 4 is 29.1 Å². The van der Waals surface area contributed by atoms with Gasteiger partial charge in [-0.2, -0.15) is 0 Å². The van der Waals surface area contributed by atoms with E-state index >= 15 is 0 Å². The molecule has 0 aromatic heterocycles. The molecule has 134 valence electrons. The number of carbonyl (C=O) groups is 2. The molecule has 1 rings (SSSR count). The largest absolute Gasteiger partial charge is 0.352 e. The van der Waals surface area contributed by atoms with Gasteiger partial charge in [0.15, 0.2) is 0 Å². The van der Waals surface area contributed by atoms with Crippen LogP contribution in [0.25, 0.3) is 0 Å². The summed E-state index contributed by atoms with van der Waals surface area (Å²) in [5, 5.41) is 6.38. The van der Waals surface area contributed by atoms with Crippen LogP contribution in [0, 0.1) is 12.8 Å². The van der Waals surface area contributed by atoms with Crippen molar-refractivity contribution in [2.24, 2.45) is 5.92 Å². The molecule has 0 heterocycles. The van der Waals surface area contributed by atoms with Gasteiger partial charge in [0, 0.05) is 16.8 Å². The topological polar surface area (TPSA) is 61.4 Å². The Bertz CT molecular complexity index is 575. The highest BCUT2D eigenvalue weighted by molar-refractivity contribution is 6.31. The molecule has 0 unspecified atom stereocenters. The lowest BCUT2D eigenvalue weighted by Gasteiger charge is -2.22. The molecule has 0 radical (unpaired) electrons. The number of aryl methyl sites for hydroxylation is 1. The number of amides is 2. The van der Waals surface area contributed by atoms with Crippen molar-refractivity contribution in [2.45, 2.75) is 40.7 Å². The SMILES string of the molecule is CCN(CC(=O)Nc1cc(Cl)ccc1C)CC(=O)N[C@@H](C)C(C)C. The molecule has 0 aliphatic carbocycles. The Morgan fingerprint density at radius 2 is 1.79 bits per heavy atom. The van der Waals surface area contributed by atoms with Crippen molar-refractivity contribution in [3.05, 3.63) is 28.8 Å². The lowest BCUT2D eigenvalue weighted by Crippen LogP contribution is -2.44. The van der Waals surface area contributed by atoms with Gasteiger partial charge in [0.05, 0.1) is 13.1 Å². The quantitative estimate of drug-likeness (QED) is 0.755. The van der Waals surface area contributed by atoms with Gasteiger partial charge in [0.1, 0.15) is 0 Å². The third-order valence-electron chi connectivity index (χ3n) is 4.04. The van der Waals surface area contributed by atoms with Crippen LogP contribution in [0.2, 0.25) is 5.02 Å². The van der Waals surface area contributed by atoms with E-state index in [2.05, 4.69) is 24.5 Å². The molecule has 0 bridgehead atoms. The number of hydrogen-bond acceptors (Lipinski definition) is 3. The molecule has 1 aromatic carbocycles. The highest BCUT2D eigenvalue weighted by Gasteiger charge is 2.16. The Morgan fingerprint density at radius 3 is 2.38 bits per heavy atom. The maximum Gasteiger partial charge on any atom is 0.238 e. The molecule has 0 aliphatic rings. The smallest absolute Gasteiger partial charge is 0.238 e. The maximum atomic E-state index is 12.2. The van der Waals surface area contributed by atoms with E-state index in [1.807, 2.05) is 26.8 Å². The monoisotopic (exact) mass is 353 g/mol. The first-order valence-electron chi connectivity index (χ1n) is 8.30. The number of anilines is 1. The summed E-state index contributed by atoms with van der Waals surface area (Å²) in [4.78, 5) is 26.1. The van der Waals surface area contributed by atoms with E-state index in [0.717, 1.165) is 5.56 Å². The number of hydrogen-bond donors (Lipinski definition) is 2. The molecule has 2 N–H and O–H groups in total. The summed E-state index contributed by atoms with van der Waals surface area (Å²) >= 11 is 5.96. The lowest BCUT2D eigenvalue weighted by molar-refractivity contribution is -0.124. The van der Waals surface area contributed by atoms with Crippen LogP contribution in [0.15, 0.2) is 18.2 Å². The molecule has 0 saturated heterocycles. The summed E-state index contributed by atoms with van der Waals surface area (Å²) in [6.45, 7) is 10.9. The fraction of sp³-hybridized carbons (Fsp3) is 0.556. The van der Waals surface area contributed by atoms with Crippen LogP contribution >= 0.6 is 11.6 Å².